The molecule has 1 saturated carbocycles. The molecule has 2 aromatic rings. The fraction of sp³-hybridized carbons (Fsp3) is 0.500. The second-order valence-electron chi connectivity index (χ2n) is 6.88. The molecular formula is C20H26FN3O. The minimum atomic E-state index is -0.238. The molecule has 1 N–H and O–H groups in total. The lowest BCUT2D eigenvalue weighted by molar-refractivity contribution is -0.116. The second-order valence-corrected chi connectivity index (χ2v) is 6.88. The highest BCUT2D eigenvalue weighted by Gasteiger charge is 2.17. The van der Waals surface area contributed by atoms with Crippen molar-refractivity contribution in [2.24, 2.45) is 5.92 Å². The van der Waals surface area contributed by atoms with Crippen molar-refractivity contribution >= 4 is 11.7 Å². The van der Waals surface area contributed by atoms with Gasteiger partial charge in [-0.2, -0.15) is 5.10 Å². The van der Waals surface area contributed by atoms with E-state index in [-0.39, 0.29) is 11.7 Å². The number of rotatable bonds is 7. The lowest BCUT2D eigenvalue weighted by atomic mass is 10.0. The predicted molar refractivity (Wildman–Crippen MR) is 96.9 cm³/mol. The van der Waals surface area contributed by atoms with Gasteiger partial charge in [0.1, 0.15) is 11.6 Å². The van der Waals surface area contributed by atoms with Gasteiger partial charge in [0.05, 0.1) is 5.69 Å². The van der Waals surface area contributed by atoms with Crippen LogP contribution in [0.5, 0.6) is 0 Å². The molecule has 3 rings (SSSR count). The third-order valence-electron chi connectivity index (χ3n) is 4.95. The van der Waals surface area contributed by atoms with Crippen molar-refractivity contribution in [1.29, 1.82) is 0 Å². The number of nitrogens with one attached hydrogen (secondary N) is 1. The summed E-state index contributed by atoms with van der Waals surface area (Å²) < 4.78 is 14.8. The highest BCUT2D eigenvalue weighted by Crippen LogP contribution is 2.28. The van der Waals surface area contributed by atoms with Crippen LogP contribution in [0.15, 0.2) is 30.3 Å². The van der Waals surface area contributed by atoms with E-state index in [1.165, 1.54) is 37.8 Å². The molecule has 1 amide bonds. The van der Waals surface area contributed by atoms with Gasteiger partial charge in [-0.15, -0.1) is 0 Å². The van der Waals surface area contributed by atoms with Crippen LogP contribution in [0.25, 0.3) is 0 Å². The van der Waals surface area contributed by atoms with Gasteiger partial charge in [-0.1, -0.05) is 37.8 Å². The molecule has 1 fully saturated rings. The first kappa shape index (κ1) is 17.6. The Hall–Kier alpha value is -2.17. The minimum absolute atomic E-state index is 0.0647. The molecule has 4 nitrogen and oxygen atoms in total. The van der Waals surface area contributed by atoms with Crippen LogP contribution in [0.4, 0.5) is 10.2 Å². The average molecular weight is 343 g/mol. The van der Waals surface area contributed by atoms with Gasteiger partial charge in [0.15, 0.2) is 0 Å². The molecule has 0 saturated heterocycles. The van der Waals surface area contributed by atoms with Gasteiger partial charge in [0, 0.05) is 25.5 Å². The van der Waals surface area contributed by atoms with Crippen molar-refractivity contribution in [1.82, 2.24) is 9.78 Å². The standard InChI is InChI=1S/C20H26FN3O/c1-2-24-19(22-20(25)12-9-15-5-3-4-6-15)14-18(23-24)13-16-7-10-17(21)11-8-16/h7-8,10-11,14-15H,2-6,9,12-13H2,1H3,(H,22,25). The maximum Gasteiger partial charge on any atom is 0.225 e. The number of benzene rings is 1. The quantitative estimate of drug-likeness (QED) is 0.802. The number of carbonyl (C=O) groups is 1. The summed E-state index contributed by atoms with van der Waals surface area (Å²) in [5.74, 6) is 1.29. The van der Waals surface area contributed by atoms with Crippen LogP contribution in [-0.2, 0) is 17.8 Å². The predicted octanol–water partition coefficient (Wildman–Crippen LogP) is 4.54. The number of anilines is 1. The van der Waals surface area contributed by atoms with E-state index >= 15 is 0 Å². The number of carbonyl (C=O) groups excluding carboxylic acids is 1. The van der Waals surface area contributed by atoms with Gasteiger partial charge in [-0.05, 0) is 37.0 Å². The Morgan fingerprint density at radius 1 is 1.28 bits per heavy atom. The Balaban J connectivity index is 1.59. The van der Waals surface area contributed by atoms with Gasteiger partial charge in [-0.25, -0.2) is 9.07 Å². The molecule has 0 atom stereocenters. The number of aromatic nitrogens is 2. The molecule has 1 aromatic heterocycles. The zero-order chi connectivity index (χ0) is 17.6. The molecule has 0 bridgehead atoms. The van der Waals surface area contributed by atoms with Crippen molar-refractivity contribution in [3.05, 3.63) is 47.4 Å². The highest BCUT2D eigenvalue weighted by atomic mass is 19.1. The van der Waals surface area contributed by atoms with Crippen LogP contribution in [0.2, 0.25) is 0 Å². The van der Waals surface area contributed by atoms with Crippen molar-refractivity contribution in [2.75, 3.05) is 5.32 Å². The van der Waals surface area contributed by atoms with E-state index in [0.29, 0.717) is 19.4 Å². The summed E-state index contributed by atoms with van der Waals surface area (Å²) in [6.45, 7) is 2.70. The van der Waals surface area contributed by atoms with E-state index in [4.69, 9.17) is 0 Å². The van der Waals surface area contributed by atoms with Crippen LogP contribution in [-0.4, -0.2) is 15.7 Å². The van der Waals surface area contributed by atoms with Gasteiger partial charge in [0.2, 0.25) is 5.91 Å². The number of hydrogen-bond donors (Lipinski definition) is 1. The number of halogens is 1. The number of nitrogens with zero attached hydrogens (tertiary/aromatic N) is 2. The highest BCUT2D eigenvalue weighted by molar-refractivity contribution is 5.89. The second kappa shape index (κ2) is 8.28. The normalized spacial score (nSPS) is 14.8. The van der Waals surface area contributed by atoms with Crippen molar-refractivity contribution < 1.29 is 9.18 Å². The minimum Gasteiger partial charge on any atom is -0.311 e. The van der Waals surface area contributed by atoms with Crippen LogP contribution in [0.3, 0.4) is 0 Å². The summed E-state index contributed by atoms with van der Waals surface area (Å²) in [6.07, 6.45) is 7.33. The first-order chi connectivity index (χ1) is 12.1. The summed E-state index contributed by atoms with van der Waals surface area (Å²) in [6, 6.07) is 8.36. The fourth-order valence-electron chi connectivity index (χ4n) is 3.55. The lowest BCUT2D eigenvalue weighted by Gasteiger charge is -2.09. The first-order valence-electron chi connectivity index (χ1n) is 9.25. The Morgan fingerprint density at radius 3 is 2.68 bits per heavy atom. The van der Waals surface area contributed by atoms with E-state index in [2.05, 4.69) is 10.4 Å². The first-order valence-corrected chi connectivity index (χ1v) is 9.25. The van der Waals surface area contributed by atoms with Crippen molar-refractivity contribution in [2.45, 2.75) is 58.4 Å². The maximum atomic E-state index is 13.0. The van der Waals surface area contributed by atoms with E-state index < -0.39 is 0 Å². The maximum absolute atomic E-state index is 13.0. The summed E-state index contributed by atoms with van der Waals surface area (Å²) >= 11 is 0. The van der Waals surface area contributed by atoms with Gasteiger partial charge in [-0.3, -0.25) is 4.79 Å². The average Bonchev–Trinajstić information content (AvgIpc) is 3.25. The summed E-state index contributed by atoms with van der Waals surface area (Å²) in [5.41, 5.74) is 1.88. The molecule has 0 aliphatic heterocycles. The lowest BCUT2D eigenvalue weighted by Crippen LogP contribution is -2.15. The zero-order valence-corrected chi connectivity index (χ0v) is 14.8. The van der Waals surface area contributed by atoms with Crippen LogP contribution in [0.1, 0.15) is 56.7 Å². The molecule has 0 radical (unpaired) electrons. The van der Waals surface area contributed by atoms with Crippen LogP contribution < -0.4 is 5.32 Å². The summed E-state index contributed by atoms with van der Waals surface area (Å²) in [5, 5.41) is 7.55. The number of aryl methyl sites for hydroxylation is 1. The Kier molecular flexibility index (Phi) is 5.84. The van der Waals surface area contributed by atoms with E-state index in [0.717, 1.165) is 29.4 Å². The van der Waals surface area contributed by atoms with Gasteiger partial charge in [0.25, 0.3) is 0 Å². The number of hydrogen-bond acceptors (Lipinski definition) is 2. The molecule has 1 aromatic carbocycles. The smallest absolute Gasteiger partial charge is 0.225 e. The molecular weight excluding hydrogens is 317 g/mol. The fourth-order valence-corrected chi connectivity index (χ4v) is 3.55. The molecule has 1 heterocycles. The molecule has 0 spiro atoms. The summed E-state index contributed by atoms with van der Waals surface area (Å²) in [4.78, 5) is 12.2. The van der Waals surface area contributed by atoms with Crippen molar-refractivity contribution in [3.63, 3.8) is 0 Å². The van der Waals surface area contributed by atoms with Gasteiger partial charge < -0.3 is 5.32 Å². The SMILES string of the molecule is CCn1nc(Cc2ccc(F)cc2)cc1NC(=O)CCC1CCCC1. The van der Waals surface area contributed by atoms with Gasteiger partial charge >= 0.3 is 0 Å². The van der Waals surface area contributed by atoms with E-state index in [1.54, 1.807) is 12.1 Å². The van der Waals surface area contributed by atoms with Crippen LogP contribution >= 0.6 is 0 Å². The third-order valence-corrected chi connectivity index (χ3v) is 4.95. The molecule has 0 unspecified atom stereocenters. The topological polar surface area (TPSA) is 46.9 Å². The molecule has 25 heavy (non-hydrogen) atoms. The molecule has 1 aliphatic rings. The molecule has 1 aliphatic carbocycles. The van der Waals surface area contributed by atoms with E-state index in [1.807, 2.05) is 17.7 Å². The van der Waals surface area contributed by atoms with E-state index in [9.17, 15) is 9.18 Å². The largest absolute Gasteiger partial charge is 0.311 e. The van der Waals surface area contributed by atoms with Crippen molar-refractivity contribution in [3.8, 4) is 0 Å². The monoisotopic (exact) mass is 343 g/mol. The summed E-state index contributed by atoms with van der Waals surface area (Å²) in [7, 11) is 0. The third kappa shape index (κ3) is 4.91. The zero-order valence-electron chi connectivity index (χ0n) is 14.8. The molecule has 134 valence electrons. The Bertz CT molecular complexity index is 702. The number of amides is 1. The molecule has 5 heteroatoms. The Labute approximate surface area is 148 Å². The van der Waals surface area contributed by atoms with Crippen LogP contribution in [0, 0.1) is 11.7 Å². The Morgan fingerprint density at radius 2 is 2.00 bits per heavy atom.